The van der Waals surface area contributed by atoms with Gasteiger partial charge in [-0.15, -0.1) is 0 Å². The van der Waals surface area contributed by atoms with E-state index in [2.05, 4.69) is 4.74 Å². The topological polar surface area (TPSA) is 55.4 Å². The fraction of sp³-hybridized carbons (Fsp3) is 0.385. The van der Waals surface area contributed by atoms with Crippen LogP contribution in [0.25, 0.3) is 0 Å². The molecule has 0 saturated carbocycles. The van der Waals surface area contributed by atoms with Crippen LogP contribution < -0.4 is 5.32 Å². The second-order valence-corrected chi connectivity index (χ2v) is 4.61. The molecule has 4 nitrogen and oxygen atoms in total. The van der Waals surface area contributed by atoms with Crippen molar-refractivity contribution in [1.29, 1.82) is 0 Å². The zero-order valence-electron chi connectivity index (χ0n) is 11.0. The number of ether oxygens (including phenoxy) is 1. The quantitative estimate of drug-likeness (QED) is 0.847. The normalized spacial score (nSPS) is 12.6. The van der Waals surface area contributed by atoms with E-state index in [0.29, 0.717) is 0 Å². The molecule has 0 heterocycles. The Morgan fingerprint density at radius 3 is 2.29 bits per heavy atom. The number of hydrogen-bond donors (Lipinski definition) is 1. The van der Waals surface area contributed by atoms with Gasteiger partial charge in [0.05, 0.1) is 13.5 Å². The van der Waals surface area contributed by atoms with E-state index in [1.165, 1.54) is 24.3 Å². The lowest BCUT2D eigenvalue weighted by Gasteiger charge is -2.22. The Bertz CT molecular complexity index is 502. The predicted octanol–water partition coefficient (Wildman–Crippen LogP) is 3.01. The smallest absolute Gasteiger partial charge is 0.412 e. The summed E-state index contributed by atoms with van der Waals surface area (Å²) in [5.74, 6) is -1.56. The number of amides is 1. The number of carbonyl (C=O) groups is 2. The average molecular weight is 324 g/mol. The van der Waals surface area contributed by atoms with Gasteiger partial charge in [0.1, 0.15) is 0 Å². The van der Waals surface area contributed by atoms with Gasteiger partial charge in [-0.05, 0) is 17.7 Å². The maximum absolute atomic E-state index is 13.0. The summed E-state index contributed by atoms with van der Waals surface area (Å²) in [5, 5.41) is 2.15. The number of alkyl halides is 3. The van der Waals surface area contributed by atoms with E-state index in [1.807, 2.05) is 5.32 Å². The van der Waals surface area contributed by atoms with E-state index < -0.39 is 24.1 Å². The predicted molar refractivity (Wildman–Crippen MR) is 69.6 cm³/mol. The molecule has 0 unspecified atom stereocenters. The molecule has 1 atom stereocenters. The van der Waals surface area contributed by atoms with Crippen molar-refractivity contribution >= 4 is 23.5 Å². The van der Waals surface area contributed by atoms with Crippen LogP contribution in [0.2, 0.25) is 5.02 Å². The van der Waals surface area contributed by atoms with Crippen molar-refractivity contribution in [1.82, 2.24) is 5.32 Å². The number of esters is 1. The second kappa shape index (κ2) is 7.31. The summed E-state index contributed by atoms with van der Waals surface area (Å²) in [5.41, 5.74) is -0.140. The molecule has 116 valence electrons. The summed E-state index contributed by atoms with van der Waals surface area (Å²) in [6, 6.07) is 2.81. The Kier molecular flexibility index (Phi) is 6.02. The van der Waals surface area contributed by atoms with Crippen LogP contribution in [-0.4, -0.2) is 25.2 Å². The number of benzene rings is 1. The summed E-state index contributed by atoms with van der Waals surface area (Å²) in [7, 11) is 1.13. The third kappa shape index (κ3) is 5.63. The van der Waals surface area contributed by atoms with E-state index in [1.54, 1.807) is 0 Å². The largest absolute Gasteiger partial charge is 0.469 e. The van der Waals surface area contributed by atoms with Crippen molar-refractivity contribution in [2.45, 2.75) is 25.1 Å². The molecular formula is C13H13ClF3NO3. The molecule has 0 fully saturated rings. The summed E-state index contributed by atoms with van der Waals surface area (Å²) in [6.07, 6.45) is -5.32. The molecule has 1 aromatic rings. The number of halogens is 4. The van der Waals surface area contributed by atoms with Crippen LogP contribution in [0.15, 0.2) is 24.3 Å². The van der Waals surface area contributed by atoms with Crippen LogP contribution in [0.3, 0.4) is 0 Å². The first kappa shape index (κ1) is 17.3. The third-order valence-corrected chi connectivity index (χ3v) is 2.87. The molecule has 0 bridgehead atoms. The minimum Gasteiger partial charge on any atom is -0.469 e. The Morgan fingerprint density at radius 1 is 1.24 bits per heavy atom. The van der Waals surface area contributed by atoms with Crippen LogP contribution in [0.1, 0.15) is 24.4 Å². The van der Waals surface area contributed by atoms with E-state index >= 15 is 0 Å². The molecule has 0 aliphatic rings. The third-order valence-electron chi connectivity index (χ3n) is 2.62. The fourth-order valence-electron chi connectivity index (χ4n) is 1.56. The lowest BCUT2D eigenvalue weighted by atomic mass is 10.1. The van der Waals surface area contributed by atoms with Gasteiger partial charge in [-0.3, -0.25) is 9.59 Å². The highest BCUT2D eigenvalue weighted by Gasteiger charge is 2.41. The minimum absolute atomic E-state index is 0.140. The van der Waals surface area contributed by atoms with Gasteiger partial charge in [0, 0.05) is 11.4 Å². The van der Waals surface area contributed by atoms with Crippen LogP contribution >= 0.6 is 11.6 Å². The first-order chi connectivity index (χ1) is 9.74. The van der Waals surface area contributed by atoms with E-state index in [-0.39, 0.29) is 23.4 Å². The van der Waals surface area contributed by atoms with Gasteiger partial charge in [-0.2, -0.15) is 13.2 Å². The Balaban J connectivity index is 2.78. The molecular weight excluding hydrogens is 311 g/mol. The van der Waals surface area contributed by atoms with Crippen LogP contribution in [0.5, 0.6) is 0 Å². The molecule has 1 N–H and O–H groups in total. The lowest BCUT2D eigenvalue weighted by molar-refractivity contribution is -0.163. The van der Waals surface area contributed by atoms with Crippen LogP contribution in [0, 0.1) is 0 Å². The van der Waals surface area contributed by atoms with Crippen molar-refractivity contribution in [2.75, 3.05) is 7.11 Å². The van der Waals surface area contributed by atoms with Gasteiger partial charge in [0.15, 0.2) is 6.04 Å². The van der Waals surface area contributed by atoms with Crippen molar-refractivity contribution in [3.63, 3.8) is 0 Å². The number of hydrogen-bond acceptors (Lipinski definition) is 3. The second-order valence-electron chi connectivity index (χ2n) is 4.17. The van der Waals surface area contributed by atoms with Gasteiger partial charge in [0.25, 0.3) is 0 Å². The molecule has 0 aliphatic heterocycles. The molecule has 8 heteroatoms. The number of nitrogens with one attached hydrogen (secondary N) is 1. The summed E-state index contributed by atoms with van der Waals surface area (Å²) >= 11 is 5.62. The molecule has 0 spiro atoms. The first-order valence-corrected chi connectivity index (χ1v) is 6.30. The molecule has 0 aromatic heterocycles. The average Bonchev–Trinajstić information content (AvgIpc) is 2.42. The SMILES string of the molecule is COC(=O)CCC(=O)N[C@H](c1ccc(Cl)cc1)C(F)(F)F. The fourth-order valence-corrected chi connectivity index (χ4v) is 1.69. The van der Waals surface area contributed by atoms with Gasteiger partial charge >= 0.3 is 12.1 Å². The Labute approximate surface area is 124 Å². The standard InChI is InChI=1S/C13H13ClF3NO3/c1-21-11(20)7-6-10(19)18-12(13(15,16)17)8-2-4-9(14)5-3-8/h2-5,12H,6-7H2,1H3,(H,18,19)/t12-/m1/s1. The summed E-state index contributed by atoms with van der Waals surface area (Å²) in [6.45, 7) is 0. The van der Waals surface area contributed by atoms with E-state index in [9.17, 15) is 22.8 Å². The molecule has 0 radical (unpaired) electrons. The molecule has 1 rings (SSSR count). The molecule has 1 aromatic carbocycles. The van der Waals surface area contributed by atoms with Crippen molar-refractivity contribution < 1.29 is 27.5 Å². The Morgan fingerprint density at radius 2 is 1.81 bits per heavy atom. The summed E-state index contributed by atoms with van der Waals surface area (Å²) < 4.78 is 43.3. The van der Waals surface area contributed by atoms with Crippen molar-refractivity contribution in [3.05, 3.63) is 34.9 Å². The number of methoxy groups -OCH3 is 1. The Hall–Kier alpha value is -1.76. The first-order valence-electron chi connectivity index (χ1n) is 5.92. The van der Waals surface area contributed by atoms with E-state index in [4.69, 9.17) is 11.6 Å². The van der Waals surface area contributed by atoms with Crippen LogP contribution in [-0.2, 0) is 14.3 Å². The monoisotopic (exact) mass is 323 g/mol. The number of carbonyl (C=O) groups excluding carboxylic acids is 2. The lowest BCUT2D eigenvalue weighted by Crippen LogP contribution is -2.38. The van der Waals surface area contributed by atoms with Crippen molar-refractivity contribution in [2.24, 2.45) is 0 Å². The van der Waals surface area contributed by atoms with Gasteiger partial charge in [0.2, 0.25) is 5.91 Å². The maximum Gasteiger partial charge on any atom is 0.412 e. The molecule has 0 saturated heterocycles. The highest BCUT2D eigenvalue weighted by atomic mass is 35.5. The van der Waals surface area contributed by atoms with Crippen molar-refractivity contribution in [3.8, 4) is 0 Å². The zero-order valence-corrected chi connectivity index (χ0v) is 11.8. The highest BCUT2D eigenvalue weighted by Crippen LogP contribution is 2.33. The highest BCUT2D eigenvalue weighted by molar-refractivity contribution is 6.30. The number of rotatable bonds is 5. The zero-order chi connectivity index (χ0) is 16.0. The van der Waals surface area contributed by atoms with Gasteiger partial charge in [-0.1, -0.05) is 23.7 Å². The minimum atomic E-state index is -4.66. The van der Waals surface area contributed by atoms with Crippen LogP contribution in [0.4, 0.5) is 13.2 Å². The van der Waals surface area contributed by atoms with E-state index in [0.717, 1.165) is 7.11 Å². The van der Waals surface area contributed by atoms with Gasteiger partial charge < -0.3 is 10.1 Å². The maximum atomic E-state index is 13.0. The summed E-state index contributed by atoms with van der Waals surface area (Å²) in [4.78, 5) is 22.4. The van der Waals surface area contributed by atoms with Gasteiger partial charge in [-0.25, -0.2) is 0 Å². The molecule has 0 aliphatic carbocycles. The molecule has 1 amide bonds. The molecule has 21 heavy (non-hydrogen) atoms.